The van der Waals surface area contributed by atoms with E-state index in [4.69, 9.17) is 9.47 Å². The van der Waals surface area contributed by atoms with Gasteiger partial charge in [-0.25, -0.2) is 0 Å². The Bertz CT molecular complexity index is 861. The van der Waals surface area contributed by atoms with Crippen molar-refractivity contribution >= 4 is 16.6 Å². The van der Waals surface area contributed by atoms with Crippen LogP contribution in [0.5, 0.6) is 11.5 Å². The Balaban J connectivity index is 1.69. The molecule has 0 bridgehead atoms. The fourth-order valence-corrected chi connectivity index (χ4v) is 4.50. The summed E-state index contributed by atoms with van der Waals surface area (Å²) in [6.07, 6.45) is 2.21. The minimum absolute atomic E-state index is 0.189. The van der Waals surface area contributed by atoms with E-state index < -0.39 is 29.8 Å². The summed E-state index contributed by atoms with van der Waals surface area (Å²) < 4.78 is 12.5. The van der Waals surface area contributed by atoms with Gasteiger partial charge in [-0.15, -0.1) is 0 Å². The molecule has 1 fully saturated rings. The second-order valence-corrected chi connectivity index (χ2v) is 7.04. The molecule has 1 spiro atoms. The van der Waals surface area contributed by atoms with E-state index in [2.05, 4.69) is 0 Å². The fourth-order valence-electron chi connectivity index (χ4n) is 4.50. The van der Waals surface area contributed by atoms with Gasteiger partial charge in [-0.05, 0) is 36.4 Å². The topological polar surface area (TPSA) is 76.0 Å². The summed E-state index contributed by atoms with van der Waals surface area (Å²) in [7, 11) is 0. The number of rotatable bonds is 0. The number of allylic oxidation sites excluding steroid dienone is 1. The summed E-state index contributed by atoms with van der Waals surface area (Å²) >= 11 is 0. The van der Waals surface area contributed by atoms with Gasteiger partial charge in [0.25, 0.3) is 5.79 Å². The van der Waals surface area contributed by atoms with Crippen LogP contribution in [0.2, 0.25) is 0 Å². The first-order chi connectivity index (χ1) is 12.1. The standard InChI is InChI=1S/C20H18O5/c21-12-7-8-14(23)19-18(12)13(22)9-10-20(19)24-15-5-1-3-11-4-2-6-16(25-20)17(11)15/h1-6,9-10,12,14,18-19,21,23H,7-8H2/t12-,14+,18+,19+/m0/s1. The number of fused-ring (bicyclic) bond motifs is 2. The average Bonchev–Trinajstić information content (AvgIpc) is 2.61. The molecule has 2 aromatic rings. The second kappa shape index (κ2) is 5.07. The van der Waals surface area contributed by atoms with Gasteiger partial charge in [-0.2, -0.15) is 0 Å². The minimum Gasteiger partial charge on any atom is -0.448 e. The third kappa shape index (κ3) is 2.00. The quantitative estimate of drug-likeness (QED) is 0.770. The van der Waals surface area contributed by atoms with E-state index >= 15 is 0 Å². The predicted molar refractivity (Wildman–Crippen MR) is 90.3 cm³/mol. The number of aliphatic hydroxyl groups is 2. The molecular weight excluding hydrogens is 320 g/mol. The van der Waals surface area contributed by atoms with Crippen molar-refractivity contribution in [3.8, 4) is 11.5 Å². The molecule has 0 unspecified atom stereocenters. The Morgan fingerprint density at radius 2 is 1.60 bits per heavy atom. The number of carbonyl (C=O) groups excluding carboxylic acids is 1. The van der Waals surface area contributed by atoms with Gasteiger partial charge in [0.1, 0.15) is 11.5 Å². The lowest BCUT2D eigenvalue weighted by molar-refractivity contribution is -0.199. The average molecular weight is 338 g/mol. The molecule has 1 aliphatic heterocycles. The molecular formula is C20H18O5. The number of hydrogen-bond acceptors (Lipinski definition) is 5. The summed E-state index contributed by atoms with van der Waals surface area (Å²) in [4.78, 5) is 12.4. The molecule has 5 heteroatoms. The molecule has 2 aliphatic carbocycles. The zero-order valence-corrected chi connectivity index (χ0v) is 13.5. The molecule has 1 heterocycles. The van der Waals surface area contributed by atoms with Crippen LogP contribution >= 0.6 is 0 Å². The van der Waals surface area contributed by atoms with Crippen LogP contribution in [0.4, 0.5) is 0 Å². The van der Waals surface area contributed by atoms with Gasteiger partial charge in [0, 0.05) is 6.08 Å². The van der Waals surface area contributed by atoms with Gasteiger partial charge >= 0.3 is 0 Å². The molecule has 25 heavy (non-hydrogen) atoms. The van der Waals surface area contributed by atoms with Gasteiger partial charge in [0.05, 0.1) is 29.4 Å². The molecule has 5 nitrogen and oxygen atoms in total. The SMILES string of the molecule is O=C1C=CC2(Oc3cccc4cccc(c34)O2)[C@H]2[C@@H]1[C@@H](O)CC[C@H]2O. The third-order valence-electron chi connectivity index (χ3n) is 5.61. The Kier molecular flexibility index (Phi) is 3.03. The normalized spacial score (nSPS) is 32.2. The number of aliphatic hydroxyl groups excluding tert-OH is 2. The van der Waals surface area contributed by atoms with Crippen LogP contribution in [-0.2, 0) is 4.79 Å². The molecule has 128 valence electrons. The van der Waals surface area contributed by atoms with E-state index in [1.165, 1.54) is 6.08 Å². The van der Waals surface area contributed by atoms with Gasteiger partial charge in [0.2, 0.25) is 0 Å². The lowest BCUT2D eigenvalue weighted by Crippen LogP contribution is -2.62. The zero-order chi connectivity index (χ0) is 17.2. The number of carbonyl (C=O) groups is 1. The highest BCUT2D eigenvalue weighted by Gasteiger charge is 2.58. The lowest BCUT2D eigenvalue weighted by atomic mass is 9.66. The van der Waals surface area contributed by atoms with Gasteiger partial charge in [0.15, 0.2) is 5.78 Å². The van der Waals surface area contributed by atoms with Crippen LogP contribution in [0.25, 0.3) is 10.8 Å². The van der Waals surface area contributed by atoms with Gasteiger partial charge in [-0.3, -0.25) is 4.79 Å². The highest BCUT2D eigenvalue weighted by atomic mass is 16.7. The molecule has 0 saturated heterocycles. The lowest BCUT2D eigenvalue weighted by Gasteiger charge is -2.50. The summed E-state index contributed by atoms with van der Waals surface area (Å²) in [6, 6.07) is 11.5. The van der Waals surface area contributed by atoms with E-state index in [1.807, 2.05) is 36.4 Å². The molecule has 2 aromatic carbocycles. The highest BCUT2D eigenvalue weighted by Crippen LogP contribution is 2.50. The zero-order valence-electron chi connectivity index (χ0n) is 13.5. The molecule has 0 aromatic heterocycles. The predicted octanol–water partition coefficient (Wildman–Crippen LogP) is 2.19. The molecule has 5 rings (SSSR count). The largest absolute Gasteiger partial charge is 0.448 e. The van der Waals surface area contributed by atoms with Crippen LogP contribution < -0.4 is 9.47 Å². The number of ether oxygens (including phenoxy) is 2. The van der Waals surface area contributed by atoms with E-state index in [1.54, 1.807) is 6.08 Å². The van der Waals surface area contributed by atoms with Crippen LogP contribution in [0.3, 0.4) is 0 Å². The Hall–Kier alpha value is -2.37. The van der Waals surface area contributed by atoms with E-state index in [9.17, 15) is 15.0 Å². The first-order valence-corrected chi connectivity index (χ1v) is 8.58. The molecule has 0 radical (unpaired) electrons. The van der Waals surface area contributed by atoms with E-state index in [-0.39, 0.29) is 5.78 Å². The van der Waals surface area contributed by atoms with E-state index in [0.717, 1.165) is 10.8 Å². The first-order valence-electron chi connectivity index (χ1n) is 8.58. The van der Waals surface area contributed by atoms with Crippen LogP contribution in [0.1, 0.15) is 12.8 Å². The summed E-state index contributed by atoms with van der Waals surface area (Å²) in [6.45, 7) is 0. The number of ketones is 1. The molecule has 4 atom stereocenters. The minimum atomic E-state index is -1.29. The molecule has 2 N–H and O–H groups in total. The van der Waals surface area contributed by atoms with Crippen molar-refractivity contribution in [3.63, 3.8) is 0 Å². The van der Waals surface area contributed by atoms with Crippen LogP contribution in [0, 0.1) is 11.8 Å². The first kappa shape index (κ1) is 14.9. The van der Waals surface area contributed by atoms with Gasteiger partial charge < -0.3 is 19.7 Å². The maximum atomic E-state index is 12.4. The highest BCUT2D eigenvalue weighted by molar-refractivity contribution is 5.96. The van der Waals surface area contributed by atoms with Crippen molar-refractivity contribution in [3.05, 3.63) is 48.6 Å². The Morgan fingerprint density at radius 3 is 2.28 bits per heavy atom. The Labute approximate surface area is 144 Å². The summed E-state index contributed by atoms with van der Waals surface area (Å²) in [5, 5.41) is 22.9. The van der Waals surface area contributed by atoms with Crippen molar-refractivity contribution in [2.75, 3.05) is 0 Å². The van der Waals surface area contributed by atoms with Crippen molar-refractivity contribution in [2.45, 2.75) is 30.8 Å². The molecule has 0 amide bonds. The van der Waals surface area contributed by atoms with Crippen molar-refractivity contribution in [1.82, 2.24) is 0 Å². The van der Waals surface area contributed by atoms with Crippen LogP contribution in [-0.4, -0.2) is 34.0 Å². The summed E-state index contributed by atoms with van der Waals surface area (Å²) in [5.74, 6) is -1.54. The monoisotopic (exact) mass is 338 g/mol. The second-order valence-electron chi connectivity index (χ2n) is 7.04. The maximum Gasteiger partial charge on any atom is 0.277 e. The number of benzene rings is 2. The molecule has 3 aliphatic rings. The maximum absolute atomic E-state index is 12.4. The van der Waals surface area contributed by atoms with E-state index in [0.29, 0.717) is 24.3 Å². The smallest absolute Gasteiger partial charge is 0.277 e. The molecule has 1 saturated carbocycles. The van der Waals surface area contributed by atoms with Crippen molar-refractivity contribution in [2.24, 2.45) is 11.8 Å². The number of hydrogen-bond donors (Lipinski definition) is 2. The third-order valence-corrected chi connectivity index (χ3v) is 5.61. The van der Waals surface area contributed by atoms with Crippen LogP contribution in [0.15, 0.2) is 48.6 Å². The fraction of sp³-hybridized carbons (Fsp3) is 0.350. The summed E-state index contributed by atoms with van der Waals surface area (Å²) in [5.41, 5.74) is 0. The van der Waals surface area contributed by atoms with Crippen molar-refractivity contribution in [1.29, 1.82) is 0 Å². The van der Waals surface area contributed by atoms with Gasteiger partial charge in [-0.1, -0.05) is 24.3 Å². The van der Waals surface area contributed by atoms with Crippen molar-refractivity contribution < 1.29 is 24.5 Å². The Morgan fingerprint density at radius 1 is 0.960 bits per heavy atom.